The molecule has 0 saturated carbocycles. The van der Waals surface area contributed by atoms with E-state index in [1.807, 2.05) is 54.6 Å². The summed E-state index contributed by atoms with van der Waals surface area (Å²) in [6.07, 6.45) is 2.95. The van der Waals surface area contributed by atoms with Crippen LogP contribution in [0.15, 0.2) is 89.8 Å². The Morgan fingerprint density at radius 1 is 0.970 bits per heavy atom. The Bertz CT molecular complexity index is 1440. The zero-order chi connectivity index (χ0) is 23.3. The molecule has 1 heterocycles. The van der Waals surface area contributed by atoms with E-state index in [0.29, 0.717) is 14.6 Å². The smallest absolute Gasteiger partial charge is 0.250 e. The number of carbonyl (C=O) groups excluding carboxylic acids is 1. The van der Waals surface area contributed by atoms with Gasteiger partial charge in [-0.1, -0.05) is 78.1 Å². The van der Waals surface area contributed by atoms with Gasteiger partial charge in [0.15, 0.2) is 13.8 Å². The lowest BCUT2D eigenvalue weighted by Gasteiger charge is -2.07. The minimum Gasteiger partial charge on any atom is -0.297 e. The third-order valence-corrected chi connectivity index (χ3v) is 7.46. The number of carbonyl (C=O) groups is 1. The number of amides is 1. The molecule has 33 heavy (non-hydrogen) atoms. The largest absolute Gasteiger partial charge is 0.297 e. The van der Waals surface area contributed by atoms with Crippen LogP contribution in [0.2, 0.25) is 0 Å². The van der Waals surface area contributed by atoms with Crippen molar-refractivity contribution in [3.05, 3.63) is 100 Å². The average Bonchev–Trinajstić information content (AvgIpc) is 3.23. The highest BCUT2D eigenvalue weighted by atomic mass is 32.2. The predicted molar refractivity (Wildman–Crippen MR) is 134 cm³/mol. The zero-order valence-electron chi connectivity index (χ0n) is 17.3. The number of hydrogen-bond donors (Lipinski definition) is 2. The summed E-state index contributed by atoms with van der Waals surface area (Å²) in [5, 5.41) is 9.42. The Hall–Kier alpha value is -3.40. The number of hydrogen-bond acceptors (Lipinski definition) is 6. The van der Waals surface area contributed by atoms with E-state index in [2.05, 4.69) is 15.5 Å². The van der Waals surface area contributed by atoms with E-state index in [1.54, 1.807) is 30.3 Å². The molecule has 0 saturated heterocycles. The fraction of sp³-hybridized carbons (Fsp3) is 0.0417. The monoisotopic (exact) mass is 493 g/mol. The molecule has 0 fully saturated rings. The fourth-order valence-electron chi connectivity index (χ4n) is 3.12. The van der Waals surface area contributed by atoms with Gasteiger partial charge in [-0.15, -0.1) is 5.10 Å². The number of aromatic amines is 1. The first-order valence-corrected chi connectivity index (χ1v) is 12.8. The molecule has 0 spiro atoms. The summed E-state index contributed by atoms with van der Waals surface area (Å²) in [6, 6.07) is 23.9. The van der Waals surface area contributed by atoms with Crippen molar-refractivity contribution >= 4 is 50.5 Å². The quantitative estimate of drug-likeness (QED) is 0.262. The minimum atomic E-state index is -3.50. The van der Waals surface area contributed by atoms with Gasteiger partial charge in [-0.05, 0) is 52.7 Å². The van der Waals surface area contributed by atoms with Crippen molar-refractivity contribution in [3.8, 4) is 11.1 Å². The second-order valence-electron chi connectivity index (χ2n) is 7.13. The summed E-state index contributed by atoms with van der Waals surface area (Å²) in [7, 11) is -3.50. The molecular weight excluding hydrogens is 474 g/mol. The van der Waals surface area contributed by atoms with Gasteiger partial charge in [0.1, 0.15) is 0 Å². The molecule has 0 atom stereocenters. The molecule has 2 N–H and O–H groups in total. The highest BCUT2D eigenvalue weighted by Gasteiger charge is 2.15. The molecule has 4 rings (SSSR count). The number of nitrogens with zero attached hydrogens (tertiary/aromatic N) is 1. The first-order valence-electron chi connectivity index (χ1n) is 9.91. The van der Waals surface area contributed by atoms with Crippen LogP contribution in [0.3, 0.4) is 0 Å². The van der Waals surface area contributed by atoms with Gasteiger partial charge < -0.3 is 0 Å². The van der Waals surface area contributed by atoms with Crippen LogP contribution < -0.4 is 5.32 Å². The van der Waals surface area contributed by atoms with E-state index < -0.39 is 9.84 Å². The van der Waals surface area contributed by atoms with Crippen molar-refractivity contribution in [2.45, 2.75) is 10.6 Å². The van der Waals surface area contributed by atoms with Crippen LogP contribution in [0.4, 0.5) is 5.13 Å². The molecule has 6 nitrogen and oxygen atoms in total. The number of anilines is 1. The van der Waals surface area contributed by atoms with Crippen molar-refractivity contribution < 1.29 is 13.2 Å². The molecule has 0 unspecified atom stereocenters. The zero-order valence-corrected chi connectivity index (χ0v) is 19.7. The molecule has 9 heteroatoms. The predicted octanol–water partition coefficient (Wildman–Crippen LogP) is 5.49. The van der Waals surface area contributed by atoms with Crippen LogP contribution in [0.1, 0.15) is 11.1 Å². The molecule has 1 aromatic heterocycles. The molecule has 0 aliphatic rings. The van der Waals surface area contributed by atoms with Crippen molar-refractivity contribution in [1.82, 2.24) is 10.2 Å². The van der Waals surface area contributed by atoms with Gasteiger partial charge in [-0.2, -0.15) is 0 Å². The van der Waals surface area contributed by atoms with Crippen LogP contribution in [0.5, 0.6) is 0 Å². The number of sulfone groups is 1. The van der Waals surface area contributed by atoms with E-state index >= 15 is 0 Å². The Morgan fingerprint density at radius 2 is 1.64 bits per heavy atom. The highest BCUT2D eigenvalue weighted by molar-refractivity contribution is 7.90. The van der Waals surface area contributed by atoms with Crippen LogP contribution in [0.25, 0.3) is 17.2 Å². The fourth-order valence-corrected chi connectivity index (χ4v) is 5.26. The van der Waals surface area contributed by atoms with E-state index in [9.17, 15) is 13.2 Å². The van der Waals surface area contributed by atoms with E-state index in [1.165, 1.54) is 6.08 Å². The van der Waals surface area contributed by atoms with Crippen LogP contribution in [0, 0.1) is 3.95 Å². The van der Waals surface area contributed by atoms with Gasteiger partial charge in [0, 0.05) is 6.08 Å². The summed E-state index contributed by atoms with van der Waals surface area (Å²) >= 11 is 6.08. The topological polar surface area (TPSA) is 91.9 Å². The number of nitrogens with one attached hydrogen (secondary N) is 2. The number of H-pyrrole nitrogens is 1. The molecule has 4 aromatic rings. The molecule has 0 bridgehead atoms. The third kappa shape index (κ3) is 6.10. The standard InChI is InChI=1S/C24H19N3O3S3/c28-22(25-23-26-27-24(31)32-23)15-10-17-8-13-21(14-9-17)33(29,30)16-18-6-11-20(12-7-18)19-4-2-1-3-5-19/h1-15H,16H2,(H,27,31)(H,25,26,28)/b15-10+. The summed E-state index contributed by atoms with van der Waals surface area (Å²) in [5.74, 6) is -0.446. The van der Waals surface area contributed by atoms with Crippen molar-refractivity contribution in [2.75, 3.05) is 5.32 Å². The molecule has 0 aliphatic carbocycles. The maximum atomic E-state index is 12.8. The Labute approximate surface area is 200 Å². The SMILES string of the molecule is O=C(/C=C/c1ccc(S(=O)(=O)Cc2ccc(-c3ccccc3)cc2)cc1)Nc1n[nH]c(=S)s1. The molecule has 0 aliphatic heterocycles. The lowest BCUT2D eigenvalue weighted by molar-refractivity contribution is -0.111. The highest BCUT2D eigenvalue weighted by Crippen LogP contribution is 2.22. The second-order valence-corrected chi connectivity index (χ2v) is 10.8. The van der Waals surface area contributed by atoms with E-state index in [-0.39, 0.29) is 16.6 Å². The number of benzene rings is 3. The van der Waals surface area contributed by atoms with E-state index in [0.717, 1.165) is 28.0 Å². The lowest BCUT2D eigenvalue weighted by Crippen LogP contribution is -2.07. The summed E-state index contributed by atoms with van der Waals surface area (Å²) in [5.41, 5.74) is 3.54. The first-order chi connectivity index (χ1) is 15.9. The lowest BCUT2D eigenvalue weighted by atomic mass is 10.0. The minimum absolute atomic E-state index is 0.0880. The summed E-state index contributed by atoms with van der Waals surface area (Å²) in [4.78, 5) is 12.2. The third-order valence-electron chi connectivity index (χ3n) is 4.75. The number of aromatic nitrogens is 2. The van der Waals surface area contributed by atoms with Crippen molar-refractivity contribution in [1.29, 1.82) is 0 Å². The van der Waals surface area contributed by atoms with Crippen molar-refractivity contribution in [3.63, 3.8) is 0 Å². The van der Waals surface area contributed by atoms with E-state index in [4.69, 9.17) is 12.2 Å². The number of rotatable bonds is 7. The maximum Gasteiger partial charge on any atom is 0.250 e. The molecular formula is C24H19N3O3S3. The van der Waals surface area contributed by atoms with Crippen LogP contribution in [-0.4, -0.2) is 24.5 Å². The molecule has 0 radical (unpaired) electrons. The Balaban J connectivity index is 1.40. The van der Waals surface area contributed by atoms with Gasteiger partial charge in [0.2, 0.25) is 11.0 Å². The second kappa shape index (κ2) is 10.0. The van der Waals surface area contributed by atoms with Gasteiger partial charge in [0.05, 0.1) is 10.6 Å². The Kier molecular flexibility index (Phi) is 6.93. The molecule has 166 valence electrons. The maximum absolute atomic E-state index is 12.8. The van der Waals surface area contributed by atoms with Crippen LogP contribution >= 0.6 is 23.6 Å². The van der Waals surface area contributed by atoms with Gasteiger partial charge in [0.25, 0.3) is 0 Å². The average molecular weight is 494 g/mol. The molecule has 3 aromatic carbocycles. The Morgan fingerprint density at radius 3 is 2.27 bits per heavy atom. The van der Waals surface area contributed by atoms with Gasteiger partial charge in [-0.3, -0.25) is 15.2 Å². The van der Waals surface area contributed by atoms with Crippen molar-refractivity contribution in [2.24, 2.45) is 0 Å². The van der Waals surface area contributed by atoms with Crippen LogP contribution in [-0.2, 0) is 20.4 Å². The van der Waals surface area contributed by atoms with Gasteiger partial charge in [-0.25, -0.2) is 8.42 Å². The summed E-state index contributed by atoms with van der Waals surface area (Å²) in [6.45, 7) is 0. The molecule has 1 amide bonds. The summed E-state index contributed by atoms with van der Waals surface area (Å²) < 4.78 is 26.1. The normalized spacial score (nSPS) is 11.5. The van der Waals surface area contributed by atoms with Gasteiger partial charge >= 0.3 is 0 Å². The first kappa shape index (κ1) is 22.8.